The largest absolute Gasteiger partial charge is 0.343 e. The second-order valence-electron chi connectivity index (χ2n) is 5.75. The first-order chi connectivity index (χ1) is 9.70. The fourth-order valence-corrected chi connectivity index (χ4v) is 2.90. The van der Waals surface area contributed by atoms with Gasteiger partial charge in [-0.2, -0.15) is 0 Å². The van der Waals surface area contributed by atoms with E-state index >= 15 is 0 Å². The average molecular weight is 274 g/mol. The number of carbonyl (C=O) groups is 1. The lowest BCUT2D eigenvalue weighted by molar-refractivity contribution is -0.132. The van der Waals surface area contributed by atoms with Gasteiger partial charge in [-0.15, -0.1) is 0 Å². The van der Waals surface area contributed by atoms with Crippen molar-refractivity contribution in [3.05, 3.63) is 35.9 Å². The molecule has 1 aromatic rings. The van der Waals surface area contributed by atoms with E-state index < -0.39 is 0 Å². The van der Waals surface area contributed by atoms with Crippen molar-refractivity contribution < 1.29 is 4.79 Å². The molecule has 110 valence electrons. The minimum Gasteiger partial charge on any atom is -0.343 e. The molecular formula is C17H26N2O. The lowest BCUT2D eigenvalue weighted by atomic mass is 10.0. The number of piperidine rings is 1. The molecule has 1 fully saturated rings. The predicted octanol–water partition coefficient (Wildman–Crippen LogP) is 2.91. The maximum Gasteiger partial charge on any atom is 0.222 e. The van der Waals surface area contributed by atoms with Gasteiger partial charge in [0.2, 0.25) is 5.91 Å². The van der Waals surface area contributed by atoms with E-state index in [0.29, 0.717) is 18.4 Å². The average Bonchev–Trinajstić information content (AvgIpc) is 2.48. The minimum atomic E-state index is 0.300. The Morgan fingerprint density at radius 1 is 1.25 bits per heavy atom. The van der Waals surface area contributed by atoms with Crippen molar-refractivity contribution in [3.8, 4) is 0 Å². The van der Waals surface area contributed by atoms with Crippen LogP contribution in [0.15, 0.2) is 30.3 Å². The molecule has 0 spiro atoms. The van der Waals surface area contributed by atoms with Crippen molar-refractivity contribution in [1.29, 1.82) is 0 Å². The summed E-state index contributed by atoms with van der Waals surface area (Å²) in [5.41, 5.74) is 1.38. The Kier molecular flexibility index (Phi) is 5.60. The third-order valence-corrected chi connectivity index (χ3v) is 4.21. The molecule has 3 nitrogen and oxygen atoms in total. The van der Waals surface area contributed by atoms with Gasteiger partial charge in [0, 0.05) is 39.1 Å². The number of benzene rings is 1. The van der Waals surface area contributed by atoms with E-state index in [1.807, 2.05) is 11.9 Å². The predicted molar refractivity (Wildman–Crippen MR) is 82.4 cm³/mol. The molecule has 1 aromatic carbocycles. The molecule has 0 bridgehead atoms. The van der Waals surface area contributed by atoms with Gasteiger partial charge >= 0.3 is 0 Å². The number of rotatable bonds is 5. The van der Waals surface area contributed by atoms with Crippen LogP contribution in [0.1, 0.15) is 38.2 Å². The molecule has 1 aliphatic rings. The number of nitrogens with zero attached hydrogens (tertiary/aromatic N) is 2. The van der Waals surface area contributed by atoms with Crippen LogP contribution in [0.5, 0.6) is 0 Å². The molecule has 0 N–H and O–H groups in total. The summed E-state index contributed by atoms with van der Waals surface area (Å²) < 4.78 is 0. The molecule has 2 rings (SSSR count). The Bertz CT molecular complexity index is 410. The van der Waals surface area contributed by atoms with Gasteiger partial charge in [0.15, 0.2) is 0 Å². The summed E-state index contributed by atoms with van der Waals surface area (Å²) in [6, 6.07) is 11.1. The van der Waals surface area contributed by atoms with E-state index in [4.69, 9.17) is 0 Å². The first kappa shape index (κ1) is 15.0. The van der Waals surface area contributed by atoms with Gasteiger partial charge in [-0.1, -0.05) is 37.3 Å². The zero-order chi connectivity index (χ0) is 14.4. The van der Waals surface area contributed by atoms with Gasteiger partial charge in [0.25, 0.3) is 0 Å². The minimum absolute atomic E-state index is 0.300. The fourth-order valence-electron chi connectivity index (χ4n) is 2.90. The third-order valence-electron chi connectivity index (χ3n) is 4.21. The maximum atomic E-state index is 11.9. The fraction of sp³-hybridized carbons (Fsp3) is 0.588. The summed E-state index contributed by atoms with van der Waals surface area (Å²) in [6.45, 7) is 5.26. The van der Waals surface area contributed by atoms with E-state index in [2.05, 4.69) is 42.2 Å². The summed E-state index contributed by atoms with van der Waals surface area (Å²) in [7, 11) is 1.97. The molecule has 0 unspecified atom stereocenters. The number of likely N-dealkylation sites (tertiary alicyclic amines) is 1. The van der Waals surface area contributed by atoms with Crippen LogP contribution in [0.2, 0.25) is 0 Å². The van der Waals surface area contributed by atoms with Crippen LogP contribution in [-0.2, 0) is 11.3 Å². The van der Waals surface area contributed by atoms with E-state index in [-0.39, 0.29) is 0 Å². The summed E-state index contributed by atoms with van der Waals surface area (Å²) in [5, 5.41) is 0. The molecule has 1 amide bonds. The van der Waals surface area contributed by atoms with Gasteiger partial charge in [0.05, 0.1) is 0 Å². The maximum absolute atomic E-state index is 11.9. The second-order valence-corrected chi connectivity index (χ2v) is 5.75. The Labute approximate surface area is 122 Å². The molecule has 0 atom stereocenters. The quantitative estimate of drug-likeness (QED) is 0.824. The molecular weight excluding hydrogens is 248 g/mol. The van der Waals surface area contributed by atoms with Crippen molar-refractivity contribution in [2.24, 2.45) is 0 Å². The second kappa shape index (κ2) is 7.44. The summed E-state index contributed by atoms with van der Waals surface area (Å²) >= 11 is 0. The van der Waals surface area contributed by atoms with Crippen LogP contribution in [0.4, 0.5) is 0 Å². The number of hydrogen-bond acceptors (Lipinski definition) is 2. The van der Waals surface area contributed by atoms with Crippen molar-refractivity contribution in [3.63, 3.8) is 0 Å². The monoisotopic (exact) mass is 274 g/mol. The topological polar surface area (TPSA) is 23.6 Å². The van der Waals surface area contributed by atoms with Gasteiger partial charge < -0.3 is 4.90 Å². The van der Waals surface area contributed by atoms with Gasteiger partial charge in [-0.05, 0) is 24.8 Å². The molecule has 20 heavy (non-hydrogen) atoms. The molecule has 3 heteroatoms. The Balaban J connectivity index is 1.79. The summed E-state index contributed by atoms with van der Waals surface area (Å²) in [5.74, 6) is 0.300. The lowest BCUT2D eigenvalue weighted by Crippen LogP contribution is -2.45. The molecule has 0 aliphatic carbocycles. The highest BCUT2D eigenvalue weighted by molar-refractivity contribution is 5.76. The molecule has 0 aromatic heterocycles. The molecule has 1 saturated heterocycles. The van der Waals surface area contributed by atoms with Crippen LogP contribution >= 0.6 is 0 Å². The number of hydrogen-bond donors (Lipinski definition) is 0. The highest BCUT2D eigenvalue weighted by atomic mass is 16.2. The molecule has 0 saturated carbocycles. The SMILES string of the molecule is CCCC(=O)N(C)C1CCN(Cc2ccccc2)CC1. The third kappa shape index (κ3) is 4.07. The highest BCUT2D eigenvalue weighted by Gasteiger charge is 2.24. The standard InChI is InChI=1S/C17H26N2O/c1-3-7-17(20)18(2)16-10-12-19(13-11-16)14-15-8-5-4-6-9-15/h4-6,8-9,16H,3,7,10-14H2,1-2H3. The van der Waals surface area contributed by atoms with E-state index in [1.165, 1.54) is 5.56 Å². The molecule has 1 heterocycles. The normalized spacial score (nSPS) is 17.1. The van der Waals surface area contributed by atoms with Crippen LogP contribution in [0.25, 0.3) is 0 Å². The van der Waals surface area contributed by atoms with Gasteiger partial charge in [0.1, 0.15) is 0 Å². The molecule has 1 aliphatic heterocycles. The van der Waals surface area contributed by atoms with Crippen LogP contribution < -0.4 is 0 Å². The van der Waals surface area contributed by atoms with Crippen molar-refractivity contribution in [1.82, 2.24) is 9.80 Å². The zero-order valence-corrected chi connectivity index (χ0v) is 12.7. The van der Waals surface area contributed by atoms with E-state index in [1.54, 1.807) is 0 Å². The zero-order valence-electron chi connectivity index (χ0n) is 12.7. The molecule has 0 radical (unpaired) electrons. The Morgan fingerprint density at radius 3 is 2.50 bits per heavy atom. The van der Waals surface area contributed by atoms with Crippen molar-refractivity contribution >= 4 is 5.91 Å². The van der Waals surface area contributed by atoms with Crippen molar-refractivity contribution in [2.45, 2.75) is 45.2 Å². The van der Waals surface area contributed by atoms with E-state index in [0.717, 1.165) is 38.9 Å². The summed E-state index contributed by atoms with van der Waals surface area (Å²) in [4.78, 5) is 16.4. The number of carbonyl (C=O) groups excluding carboxylic acids is 1. The number of amides is 1. The van der Waals surface area contributed by atoms with Gasteiger partial charge in [-0.3, -0.25) is 9.69 Å². The van der Waals surface area contributed by atoms with Crippen molar-refractivity contribution in [2.75, 3.05) is 20.1 Å². The first-order valence-electron chi connectivity index (χ1n) is 7.72. The smallest absolute Gasteiger partial charge is 0.222 e. The van der Waals surface area contributed by atoms with Crippen LogP contribution in [0.3, 0.4) is 0 Å². The van der Waals surface area contributed by atoms with Crippen LogP contribution in [-0.4, -0.2) is 41.9 Å². The lowest BCUT2D eigenvalue weighted by Gasteiger charge is -2.36. The van der Waals surface area contributed by atoms with Gasteiger partial charge in [-0.25, -0.2) is 0 Å². The first-order valence-corrected chi connectivity index (χ1v) is 7.72. The van der Waals surface area contributed by atoms with Crippen LogP contribution in [0, 0.1) is 0 Å². The van der Waals surface area contributed by atoms with E-state index in [9.17, 15) is 4.79 Å². The highest BCUT2D eigenvalue weighted by Crippen LogP contribution is 2.18. The Hall–Kier alpha value is -1.35. The summed E-state index contributed by atoms with van der Waals surface area (Å²) in [6.07, 6.45) is 3.81. The Morgan fingerprint density at radius 2 is 1.90 bits per heavy atom.